The number of ether oxygens (including phenoxy) is 1. The van der Waals surface area contributed by atoms with Crippen LogP contribution in [0.2, 0.25) is 0 Å². The van der Waals surface area contributed by atoms with E-state index in [2.05, 4.69) is 46.8 Å². The first kappa shape index (κ1) is 21.4. The van der Waals surface area contributed by atoms with Gasteiger partial charge in [-0.1, -0.05) is 13.8 Å². The predicted octanol–water partition coefficient (Wildman–Crippen LogP) is 4.21. The zero-order valence-electron chi connectivity index (χ0n) is 19.9. The monoisotopic (exact) mass is 454 g/mol. The standard InChI is InChI=1S/C28H30N4O2/c1-28(2)23-16-20(31-9-7-19(8-10-31)32-11-13-34-14-12-32)4-5-21(23)27(33)26-25(28)22-15-18(17-29)3-6-24(22)30-26/h3-6,15-16,19,30H,7-14H2,1-2H3. The number of nitriles is 1. The number of carbonyl (C=O) groups is 1. The van der Waals surface area contributed by atoms with Gasteiger partial charge < -0.3 is 14.6 Å². The van der Waals surface area contributed by atoms with E-state index < -0.39 is 0 Å². The number of nitrogens with one attached hydrogen (secondary N) is 1. The molecule has 1 N–H and O–H groups in total. The summed E-state index contributed by atoms with van der Waals surface area (Å²) >= 11 is 0. The number of H-pyrrole nitrogens is 1. The van der Waals surface area contributed by atoms with E-state index in [0.29, 0.717) is 17.3 Å². The van der Waals surface area contributed by atoms with E-state index in [4.69, 9.17) is 4.74 Å². The number of benzene rings is 2. The molecule has 3 aromatic rings. The first-order valence-electron chi connectivity index (χ1n) is 12.3. The van der Waals surface area contributed by atoms with Crippen LogP contribution in [-0.2, 0) is 10.2 Å². The van der Waals surface area contributed by atoms with Crippen LogP contribution in [0.15, 0.2) is 36.4 Å². The molecule has 0 bridgehead atoms. The van der Waals surface area contributed by atoms with Gasteiger partial charge in [0, 0.05) is 59.8 Å². The van der Waals surface area contributed by atoms with Gasteiger partial charge in [0.05, 0.1) is 30.5 Å². The van der Waals surface area contributed by atoms with Gasteiger partial charge in [-0.3, -0.25) is 9.69 Å². The third kappa shape index (κ3) is 3.26. The maximum Gasteiger partial charge on any atom is 0.209 e. The molecule has 2 saturated heterocycles. The summed E-state index contributed by atoms with van der Waals surface area (Å²) in [4.78, 5) is 21.9. The van der Waals surface area contributed by atoms with Gasteiger partial charge in [-0.25, -0.2) is 0 Å². The van der Waals surface area contributed by atoms with Gasteiger partial charge in [0.25, 0.3) is 0 Å². The molecule has 0 unspecified atom stereocenters. The van der Waals surface area contributed by atoms with E-state index in [1.165, 1.54) is 5.69 Å². The normalized spacial score (nSPS) is 20.7. The minimum atomic E-state index is -0.354. The van der Waals surface area contributed by atoms with Gasteiger partial charge in [0.1, 0.15) is 0 Å². The Bertz CT molecular complexity index is 1320. The van der Waals surface area contributed by atoms with Crippen LogP contribution in [0.4, 0.5) is 5.69 Å². The predicted molar refractivity (Wildman–Crippen MR) is 133 cm³/mol. The Hall–Kier alpha value is -3.14. The van der Waals surface area contributed by atoms with Gasteiger partial charge in [-0.05, 0) is 60.4 Å². The molecule has 2 aliphatic heterocycles. The minimum Gasteiger partial charge on any atom is -0.379 e. The zero-order chi connectivity index (χ0) is 23.4. The molecule has 2 aromatic carbocycles. The number of hydrogen-bond donors (Lipinski definition) is 1. The van der Waals surface area contributed by atoms with E-state index in [0.717, 1.165) is 79.8 Å². The van der Waals surface area contributed by atoms with Crippen LogP contribution in [0.3, 0.4) is 0 Å². The number of piperidine rings is 1. The lowest BCUT2D eigenvalue weighted by Gasteiger charge is -2.41. The van der Waals surface area contributed by atoms with Crippen molar-refractivity contribution in [3.8, 4) is 6.07 Å². The number of rotatable bonds is 2. The molecule has 3 heterocycles. The molecule has 1 aliphatic carbocycles. The lowest BCUT2D eigenvalue weighted by molar-refractivity contribution is 0.0115. The molecule has 174 valence electrons. The third-order valence-corrected chi connectivity index (χ3v) is 8.09. The van der Waals surface area contributed by atoms with E-state index in [1.54, 1.807) is 6.07 Å². The molecule has 1 aromatic heterocycles. The van der Waals surface area contributed by atoms with E-state index in [1.807, 2.05) is 18.2 Å². The van der Waals surface area contributed by atoms with Crippen molar-refractivity contribution in [3.05, 3.63) is 64.3 Å². The van der Waals surface area contributed by atoms with Crippen molar-refractivity contribution < 1.29 is 9.53 Å². The second-order valence-corrected chi connectivity index (χ2v) is 10.3. The van der Waals surface area contributed by atoms with Crippen molar-refractivity contribution in [1.82, 2.24) is 9.88 Å². The Labute approximate surface area is 200 Å². The Kier molecular flexibility index (Phi) is 5.02. The number of anilines is 1. The van der Waals surface area contributed by atoms with Crippen molar-refractivity contribution in [2.75, 3.05) is 44.3 Å². The van der Waals surface area contributed by atoms with Gasteiger partial charge in [0.15, 0.2) is 0 Å². The second kappa shape index (κ2) is 7.97. The highest BCUT2D eigenvalue weighted by atomic mass is 16.5. The zero-order valence-corrected chi connectivity index (χ0v) is 19.9. The van der Waals surface area contributed by atoms with Crippen LogP contribution in [0.25, 0.3) is 10.9 Å². The Morgan fingerprint density at radius 3 is 2.56 bits per heavy atom. The number of morpholine rings is 1. The minimum absolute atomic E-state index is 0.0385. The molecule has 0 radical (unpaired) electrons. The fraction of sp³-hybridized carbons (Fsp3) is 0.429. The van der Waals surface area contributed by atoms with E-state index >= 15 is 0 Å². The van der Waals surface area contributed by atoms with Crippen LogP contribution < -0.4 is 4.90 Å². The average molecular weight is 455 g/mol. The number of carbonyl (C=O) groups excluding carboxylic acids is 1. The molecule has 0 amide bonds. The number of aromatic nitrogens is 1. The first-order valence-corrected chi connectivity index (χ1v) is 12.3. The van der Waals surface area contributed by atoms with Crippen molar-refractivity contribution >= 4 is 22.4 Å². The maximum absolute atomic E-state index is 13.5. The summed E-state index contributed by atoms with van der Waals surface area (Å²) in [6, 6.07) is 14.8. The molecule has 3 aliphatic rings. The van der Waals surface area contributed by atoms with Crippen molar-refractivity contribution in [2.24, 2.45) is 0 Å². The largest absolute Gasteiger partial charge is 0.379 e. The lowest BCUT2D eigenvalue weighted by atomic mass is 9.69. The fourth-order valence-corrected chi connectivity index (χ4v) is 6.23. The first-order chi connectivity index (χ1) is 16.5. The lowest BCUT2D eigenvalue weighted by Crippen LogP contribution is -2.49. The van der Waals surface area contributed by atoms with Crippen LogP contribution in [0, 0.1) is 11.3 Å². The molecule has 6 heteroatoms. The SMILES string of the molecule is CC1(C)c2cc(N3CCC(N4CCOCC4)CC3)ccc2C(=O)c2[nH]c3ccc(C#N)cc3c21. The summed E-state index contributed by atoms with van der Waals surface area (Å²) in [5.41, 5.74) is 5.86. The van der Waals surface area contributed by atoms with E-state index in [-0.39, 0.29) is 11.2 Å². The Balaban J connectivity index is 1.33. The second-order valence-electron chi connectivity index (χ2n) is 10.3. The summed E-state index contributed by atoms with van der Waals surface area (Å²) in [7, 11) is 0. The van der Waals surface area contributed by atoms with Gasteiger partial charge >= 0.3 is 0 Å². The van der Waals surface area contributed by atoms with Crippen molar-refractivity contribution in [1.29, 1.82) is 5.26 Å². The summed E-state index contributed by atoms with van der Waals surface area (Å²) < 4.78 is 5.52. The Morgan fingerprint density at radius 2 is 1.82 bits per heavy atom. The van der Waals surface area contributed by atoms with Crippen LogP contribution in [0.5, 0.6) is 0 Å². The highest BCUT2D eigenvalue weighted by Crippen LogP contribution is 2.46. The summed E-state index contributed by atoms with van der Waals surface area (Å²) in [5, 5.41) is 10.4. The van der Waals surface area contributed by atoms with Crippen molar-refractivity contribution in [2.45, 2.75) is 38.1 Å². The van der Waals surface area contributed by atoms with Crippen molar-refractivity contribution in [3.63, 3.8) is 0 Å². The smallest absolute Gasteiger partial charge is 0.209 e. The summed E-state index contributed by atoms with van der Waals surface area (Å²) in [6.07, 6.45) is 2.31. The molecular weight excluding hydrogens is 424 g/mol. The number of hydrogen-bond acceptors (Lipinski definition) is 5. The number of ketones is 1. The highest BCUT2D eigenvalue weighted by molar-refractivity contribution is 6.15. The molecule has 6 rings (SSSR count). The quantitative estimate of drug-likeness (QED) is 0.628. The van der Waals surface area contributed by atoms with Gasteiger partial charge in [-0.15, -0.1) is 0 Å². The molecule has 0 spiro atoms. The van der Waals surface area contributed by atoms with E-state index in [9.17, 15) is 10.1 Å². The van der Waals surface area contributed by atoms with Crippen LogP contribution in [0.1, 0.15) is 59.4 Å². The molecule has 34 heavy (non-hydrogen) atoms. The topological polar surface area (TPSA) is 72.4 Å². The highest BCUT2D eigenvalue weighted by Gasteiger charge is 2.40. The number of aromatic amines is 1. The molecular formula is C28H30N4O2. The Morgan fingerprint density at radius 1 is 1.06 bits per heavy atom. The summed E-state index contributed by atoms with van der Waals surface area (Å²) in [5.74, 6) is 0.0385. The average Bonchev–Trinajstić information content (AvgIpc) is 3.28. The summed E-state index contributed by atoms with van der Waals surface area (Å²) in [6.45, 7) is 10.2. The fourth-order valence-electron chi connectivity index (χ4n) is 6.23. The van der Waals surface area contributed by atoms with Gasteiger partial charge in [-0.2, -0.15) is 5.26 Å². The van der Waals surface area contributed by atoms with Gasteiger partial charge in [0.2, 0.25) is 5.78 Å². The van der Waals surface area contributed by atoms with Crippen LogP contribution >= 0.6 is 0 Å². The number of nitrogens with zero attached hydrogens (tertiary/aromatic N) is 3. The molecule has 2 fully saturated rings. The maximum atomic E-state index is 13.5. The molecule has 0 saturated carbocycles. The molecule has 6 nitrogen and oxygen atoms in total. The third-order valence-electron chi connectivity index (χ3n) is 8.09. The number of fused-ring (bicyclic) bond motifs is 4. The van der Waals surface area contributed by atoms with Crippen LogP contribution in [-0.4, -0.2) is 61.1 Å². The molecule has 0 atom stereocenters.